The van der Waals surface area contributed by atoms with Crippen molar-refractivity contribution in [2.45, 2.75) is 25.8 Å². The summed E-state index contributed by atoms with van der Waals surface area (Å²) < 4.78 is 6.41. The van der Waals surface area contributed by atoms with E-state index in [1.54, 1.807) is 24.2 Å². The Labute approximate surface area is 157 Å². The number of aromatic nitrogens is 4. The van der Waals surface area contributed by atoms with Gasteiger partial charge in [0, 0.05) is 38.9 Å². The number of methoxy groups -OCH3 is 1. The number of hydrogen-bond acceptors (Lipinski definition) is 7. The molecule has 0 saturated carbocycles. The highest BCUT2D eigenvalue weighted by molar-refractivity contribution is 5.68. The van der Waals surface area contributed by atoms with E-state index in [2.05, 4.69) is 15.0 Å². The van der Waals surface area contributed by atoms with E-state index in [4.69, 9.17) is 4.74 Å². The lowest BCUT2D eigenvalue weighted by atomic mass is 10.2. The number of likely N-dealkylation sites (N-methyl/N-ethyl adjacent to an activating group) is 1. The zero-order chi connectivity index (χ0) is 19.4. The summed E-state index contributed by atoms with van der Waals surface area (Å²) in [4.78, 5) is 41.0. The molecule has 0 radical (unpaired) electrons. The molecule has 0 spiro atoms. The number of carbonyl (C=O) groups is 1. The number of amides is 1. The second-order valence-electron chi connectivity index (χ2n) is 6.43. The SMILES string of the molecule is CCN(CC1CCCN1C(=O)OC)c1nc(-c2ccncn2)cc(=O)n1C. The minimum Gasteiger partial charge on any atom is -0.453 e. The lowest BCUT2D eigenvalue weighted by Crippen LogP contribution is -2.44. The molecule has 1 fully saturated rings. The molecule has 1 saturated heterocycles. The van der Waals surface area contributed by atoms with Crippen molar-refractivity contribution >= 4 is 12.0 Å². The van der Waals surface area contributed by atoms with Crippen LogP contribution in [0.15, 0.2) is 29.5 Å². The third kappa shape index (κ3) is 3.91. The first kappa shape index (κ1) is 18.8. The Morgan fingerprint density at radius 2 is 2.22 bits per heavy atom. The van der Waals surface area contributed by atoms with Crippen LogP contribution in [-0.2, 0) is 11.8 Å². The maximum Gasteiger partial charge on any atom is 0.409 e. The number of carbonyl (C=O) groups excluding carboxylic acids is 1. The molecular weight excluding hydrogens is 348 g/mol. The van der Waals surface area contributed by atoms with Crippen molar-refractivity contribution in [3.8, 4) is 11.4 Å². The standard InChI is InChI=1S/C18H24N6O3/c1-4-23(11-13-6-5-9-24(13)18(26)27-3)17-21-15(10-16(25)22(17)2)14-7-8-19-12-20-14/h7-8,10,12-13H,4-6,9,11H2,1-3H3. The van der Waals surface area contributed by atoms with Crippen LogP contribution >= 0.6 is 0 Å². The first-order valence-electron chi connectivity index (χ1n) is 8.99. The predicted octanol–water partition coefficient (Wildman–Crippen LogP) is 1.29. The summed E-state index contributed by atoms with van der Waals surface area (Å²) in [6, 6.07) is 3.21. The Hall–Kier alpha value is -2.97. The van der Waals surface area contributed by atoms with Crippen LogP contribution in [0.2, 0.25) is 0 Å². The molecule has 1 aliphatic rings. The third-order valence-electron chi connectivity index (χ3n) is 4.84. The molecule has 2 aromatic heterocycles. The molecule has 0 aromatic carbocycles. The largest absolute Gasteiger partial charge is 0.453 e. The zero-order valence-electron chi connectivity index (χ0n) is 15.8. The van der Waals surface area contributed by atoms with E-state index in [-0.39, 0.29) is 17.7 Å². The monoisotopic (exact) mass is 372 g/mol. The Morgan fingerprint density at radius 3 is 2.89 bits per heavy atom. The van der Waals surface area contributed by atoms with Crippen LogP contribution in [0.1, 0.15) is 19.8 Å². The van der Waals surface area contributed by atoms with Crippen molar-refractivity contribution < 1.29 is 9.53 Å². The Kier molecular flexibility index (Phi) is 5.68. The van der Waals surface area contributed by atoms with Gasteiger partial charge in [-0.05, 0) is 25.8 Å². The van der Waals surface area contributed by atoms with Crippen molar-refractivity contribution in [3.63, 3.8) is 0 Å². The summed E-state index contributed by atoms with van der Waals surface area (Å²) in [7, 11) is 3.09. The van der Waals surface area contributed by atoms with Crippen LogP contribution in [0.5, 0.6) is 0 Å². The van der Waals surface area contributed by atoms with Crippen molar-refractivity contribution in [1.29, 1.82) is 0 Å². The number of likely N-dealkylation sites (tertiary alicyclic amines) is 1. The molecular formula is C18H24N6O3. The number of ether oxygens (including phenoxy) is 1. The van der Waals surface area contributed by atoms with Crippen LogP contribution in [0.25, 0.3) is 11.4 Å². The van der Waals surface area contributed by atoms with Gasteiger partial charge in [0.2, 0.25) is 5.95 Å². The first-order chi connectivity index (χ1) is 13.0. The van der Waals surface area contributed by atoms with E-state index < -0.39 is 0 Å². The van der Waals surface area contributed by atoms with Crippen LogP contribution < -0.4 is 10.5 Å². The summed E-state index contributed by atoms with van der Waals surface area (Å²) in [6.45, 7) is 3.92. The molecule has 0 aliphatic carbocycles. The first-order valence-corrected chi connectivity index (χ1v) is 8.99. The third-order valence-corrected chi connectivity index (χ3v) is 4.84. The number of hydrogen-bond donors (Lipinski definition) is 0. The minimum absolute atomic E-state index is 0.0250. The van der Waals surface area contributed by atoms with Gasteiger partial charge in [-0.15, -0.1) is 0 Å². The van der Waals surface area contributed by atoms with Gasteiger partial charge in [-0.1, -0.05) is 0 Å². The fourth-order valence-electron chi connectivity index (χ4n) is 3.37. The van der Waals surface area contributed by atoms with E-state index in [1.807, 2.05) is 11.8 Å². The second kappa shape index (κ2) is 8.15. The lowest BCUT2D eigenvalue weighted by molar-refractivity contribution is 0.119. The lowest BCUT2D eigenvalue weighted by Gasteiger charge is -2.31. The molecule has 0 bridgehead atoms. The molecule has 144 valence electrons. The fourth-order valence-corrected chi connectivity index (χ4v) is 3.37. The van der Waals surface area contributed by atoms with Crippen molar-refractivity contribution in [2.24, 2.45) is 7.05 Å². The molecule has 3 heterocycles. The summed E-state index contributed by atoms with van der Waals surface area (Å²) in [5.74, 6) is 0.551. The van der Waals surface area contributed by atoms with Gasteiger partial charge >= 0.3 is 6.09 Å². The average Bonchev–Trinajstić information content (AvgIpc) is 3.16. The highest BCUT2D eigenvalue weighted by Crippen LogP contribution is 2.22. The van der Waals surface area contributed by atoms with Crippen LogP contribution in [0.3, 0.4) is 0 Å². The van der Waals surface area contributed by atoms with Crippen molar-refractivity contribution in [3.05, 3.63) is 35.0 Å². The molecule has 27 heavy (non-hydrogen) atoms. The predicted molar refractivity (Wildman–Crippen MR) is 101 cm³/mol. The van der Waals surface area contributed by atoms with Crippen molar-refractivity contribution in [1.82, 2.24) is 24.4 Å². The van der Waals surface area contributed by atoms with Gasteiger partial charge in [0.1, 0.15) is 6.33 Å². The van der Waals surface area contributed by atoms with Gasteiger partial charge in [-0.3, -0.25) is 9.36 Å². The van der Waals surface area contributed by atoms with Crippen LogP contribution in [0, 0.1) is 0 Å². The van der Waals surface area contributed by atoms with Crippen molar-refractivity contribution in [2.75, 3.05) is 31.6 Å². The van der Waals surface area contributed by atoms with Crippen LogP contribution in [-0.4, -0.2) is 63.3 Å². The molecule has 1 atom stereocenters. The molecule has 1 unspecified atom stereocenters. The molecule has 9 heteroatoms. The van der Waals surface area contributed by atoms with E-state index in [1.165, 1.54) is 24.1 Å². The topological polar surface area (TPSA) is 93.5 Å². The highest BCUT2D eigenvalue weighted by atomic mass is 16.5. The molecule has 3 rings (SSSR count). The van der Waals surface area contributed by atoms with Gasteiger partial charge in [0.15, 0.2) is 0 Å². The van der Waals surface area contributed by atoms with E-state index in [0.29, 0.717) is 37.0 Å². The zero-order valence-corrected chi connectivity index (χ0v) is 15.8. The molecule has 0 N–H and O–H groups in total. The Bertz CT molecular complexity index is 854. The summed E-state index contributed by atoms with van der Waals surface area (Å²) in [5.41, 5.74) is 0.936. The maximum atomic E-state index is 12.5. The minimum atomic E-state index is -0.315. The number of rotatable bonds is 5. The summed E-state index contributed by atoms with van der Waals surface area (Å²) in [5, 5.41) is 0. The van der Waals surface area contributed by atoms with E-state index in [9.17, 15) is 9.59 Å². The average molecular weight is 372 g/mol. The molecule has 9 nitrogen and oxygen atoms in total. The van der Waals surface area contributed by atoms with Gasteiger partial charge in [0.25, 0.3) is 5.56 Å². The maximum absolute atomic E-state index is 12.5. The second-order valence-corrected chi connectivity index (χ2v) is 6.43. The van der Waals surface area contributed by atoms with Gasteiger partial charge < -0.3 is 14.5 Å². The summed E-state index contributed by atoms with van der Waals surface area (Å²) in [6.07, 6.45) is 4.56. The Balaban J connectivity index is 1.92. The number of anilines is 1. The van der Waals surface area contributed by atoms with Gasteiger partial charge in [-0.2, -0.15) is 0 Å². The molecule has 2 aromatic rings. The quantitative estimate of drug-likeness (QED) is 0.781. The summed E-state index contributed by atoms with van der Waals surface area (Å²) >= 11 is 0. The normalized spacial score (nSPS) is 16.4. The molecule has 1 amide bonds. The van der Waals surface area contributed by atoms with Gasteiger partial charge in [-0.25, -0.2) is 19.7 Å². The highest BCUT2D eigenvalue weighted by Gasteiger charge is 2.31. The Morgan fingerprint density at radius 1 is 1.41 bits per heavy atom. The van der Waals surface area contributed by atoms with Gasteiger partial charge in [0.05, 0.1) is 24.5 Å². The van der Waals surface area contributed by atoms with E-state index >= 15 is 0 Å². The fraction of sp³-hybridized carbons (Fsp3) is 0.500. The molecule has 1 aliphatic heterocycles. The smallest absolute Gasteiger partial charge is 0.409 e. The number of nitrogens with zero attached hydrogens (tertiary/aromatic N) is 6. The van der Waals surface area contributed by atoms with Crippen LogP contribution in [0.4, 0.5) is 10.7 Å². The van der Waals surface area contributed by atoms with E-state index in [0.717, 1.165) is 12.8 Å².